The van der Waals surface area contributed by atoms with E-state index in [1.54, 1.807) is 0 Å². The monoisotopic (exact) mass is 306 g/mol. The van der Waals surface area contributed by atoms with E-state index in [-0.39, 0.29) is 0 Å². The number of hydrogen-bond donors (Lipinski definition) is 0. The van der Waals surface area contributed by atoms with Gasteiger partial charge in [-0.15, -0.1) is 0 Å². The maximum Gasteiger partial charge on any atom is 0.0527 e. The van der Waals surface area contributed by atoms with Gasteiger partial charge in [0.1, 0.15) is 0 Å². The van der Waals surface area contributed by atoms with Crippen LogP contribution in [0.2, 0.25) is 24.2 Å². The zero-order chi connectivity index (χ0) is 12.7. The second-order valence-corrected chi connectivity index (χ2v) is 13.3. The largest absolute Gasteiger partial charge is 0.0928 e. The molecule has 0 atom stereocenters. The first-order chi connectivity index (χ1) is 7.31. The van der Waals surface area contributed by atoms with Crippen molar-refractivity contribution in [1.82, 2.24) is 0 Å². The van der Waals surface area contributed by atoms with Crippen molar-refractivity contribution in [2.45, 2.75) is 83.5 Å². The smallest absolute Gasteiger partial charge is 0.0527 e. The van der Waals surface area contributed by atoms with Gasteiger partial charge < -0.3 is 0 Å². The molecule has 98 valence electrons. The lowest BCUT2D eigenvalue weighted by Crippen LogP contribution is -2.36. The molecule has 0 saturated heterocycles. The average molecular weight is 307 g/mol. The van der Waals surface area contributed by atoms with Gasteiger partial charge in [0.25, 0.3) is 0 Å². The molecule has 0 aromatic rings. The first-order valence-corrected chi connectivity index (χ1v) is 11.2. The summed E-state index contributed by atoms with van der Waals surface area (Å²) >= 11 is 3.49. The molecule has 0 bridgehead atoms. The van der Waals surface area contributed by atoms with E-state index < -0.39 is 8.07 Å². The van der Waals surface area contributed by atoms with E-state index in [2.05, 4.69) is 49.8 Å². The van der Waals surface area contributed by atoms with Crippen LogP contribution in [0.15, 0.2) is 0 Å². The van der Waals surface area contributed by atoms with Crippen molar-refractivity contribution in [2.75, 3.05) is 5.33 Å². The van der Waals surface area contributed by atoms with Gasteiger partial charge in [-0.2, -0.15) is 0 Å². The maximum absolute atomic E-state index is 3.49. The van der Waals surface area contributed by atoms with Crippen LogP contribution in [0.4, 0.5) is 0 Å². The maximum atomic E-state index is 3.49. The summed E-state index contributed by atoms with van der Waals surface area (Å²) in [4.78, 5) is 0. The quantitative estimate of drug-likeness (QED) is 0.283. The molecule has 0 N–H and O–H groups in total. The Bertz CT molecular complexity index is 170. The molecule has 0 fully saturated rings. The molecule has 0 nitrogen and oxygen atoms in total. The molecule has 0 saturated carbocycles. The number of unbranched alkanes of at least 4 members (excludes halogenated alkanes) is 5. The van der Waals surface area contributed by atoms with Crippen LogP contribution in [-0.4, -0.2) is 13.4 Å². The average Bonchev–Trinajstić information content (AvgIpc) is 2.14. The van der Waals surface area contributed by atoms with E-state index >= 15 is 0 Å². The van der Waals surface area contributed by atoms with Gasteiger partial charge in [-0.1, -0.05) is 87.9 Å². The topological polar surface area (TPSA) is 0 Å². The Morgan fingerprint density at radius 1 is 0.812 bits per heavy atom. The van der Waals surface area contributed by atoms with Crippen LogP contribution in [-0.2, 0) is 0 Å². The van der Waals surface area contributed by atoms with E-state index in [1.165, 1.54) is 49.9 Å². The molecule has 0 heterocycles. The highest BCUT2D eigenvalue weighted by atomic mass is 79.9. The molecule has 0 aliphatic heterocycles. The molecule has 16 heavy (non-hydrogen) atoms. The number of alkyl halides is 1. The Morgan fingerprint density at radius 3 is 1.69 bits per heavy atom. The van der Waals surface area contributed by atoms with Gasteiger partial charge in [-0.25, -0.2) is 0 Å². The Morgan fingerprint density at radius 2 is 1.25 bits per heavy atom. The predicted octanol–water partition coefficient (Wildman–Crippen LogP) is 6.23. The van der Waals surface area contributed by atoms with Crippen molar-refractivity contribution < 1.29 is 0 Å². The van der Waals surface area contributed by atoms with E-state index in [0.717, 1.165) is 0 Å². The second-order valence-electron chi connectivity index (χ2n) is 6.69. The van der Waals surface area contributed by atoms with Crippen molar-refractivity contribution in [1.29, 1.82) is 0 Å². The summed E-state index contributed by atoms with van der Waals surface area (Å²) in [6.45, 7) is 12.4. The summed E-state index contributed by atoms with van der Waals surface area (Å²) in [5.74, 6) is 0. The summed E-state index contributed by atoms with van der Waals surface area (Å²) in [7, 11) is -0.988. The molecule has 0 spiro atoms. The van der Waals surface area contributed by atoms with Gasteiger partial charge in [0.05, 0.1) is 8.07 Å². The molecule has 0 amide bonds. The lowest BCUT2D eigenvalue weighted by atomic mass is 10.1. The van der Waals surface area contributed by atoms with E-state index in [0.29, 0.717) is 5.04 Å². The fourth-order valence-electron chi connectivity index (χ4n) is 1.74. The van der Waals surface area contributed by atoms with Gasteiger partial charge in [0, 0.05) is 5.33 Å². The van der Waals surface area contributed by atoms with E-state index in [1.807, 2.05) is 0 Å². The predicted molar refractivity (Wildman–Crippen MR) is 83.5 cm³/mol. The van der Waals surface area contributed by atoms with Crippen molar-refractivity contribution in [3.63, 3.8) is 0 Å². The lowest BCUT2D eigenvalue weighted by molar-refractivity contribution is 0.618. The normalized spacial score (nSPS) is 13.1. The third-order valence-corrected chi connectivity index (χ3v) is 10.4. The Labute approximate surface area is 113 Å². The molecular weight excluding hydrogens is 276 g/mol. The Kier molecular flexibility index (Phi) is 8.26. The Balaban J connectivity index is 3.51. The molecule has 0 rings (SSSR count). The summed E-state index contributed by atoms with van der Waals surface area (Å²) in [6, 6.07) is 1.51. The van der Waals surface area contributed by atoms with Gasteiger partial charge in [-0.05, 0) is 11.5 Å². The van der Waals surface area contributed by atoms with Crippen molar-refractivity contribution in [2.24, 2.45) is 0 Å². The molecule has 2 heteroatoms. The van der Waals surface area contributed by atoms with Gasteiger partial charge in [0.15, 0.2) is 0 Å². The highest BCUT2D eigenvalue weighted by Gasteiger charge is 2.33. The van der Waals surface area contributed by atoms with E-state index in [4.69, 9.17) is 0 Å². The van der Waals surface area contributed by atoms with E-state index in [9.17, 15) is 0 Å². The minimum Gasteiger partial charge on any atom is -0.0928 e. The van der Waals surface area contributed by atoms with Crippen LogP contribution in [0.1, 0.15) is 59.3 Å². The van der Waals surface area contributed by atoms with Crippen LogP contribution in [0, 0.1) is 0 Å². The second kappa shape index (κ2) is 7.92. The number of rotatable bonds is 8. The molecule has 0 unspecified atom stereocenters. The summed E-state index contributed by atoms with van der Waals surface area (Å²) in [6.07, 6.45) is 8.55. The summed E-state index contributed by atoms with van der Waals surface area (Å²) in [5.41, 5.74) is 0. The van der Waals surface area contributed by atoms with Crippen molar-refractivity contribution in [3.8, 4) is 0 Å². The zero-order valence-electron chi connectivity index (χ0n) is 12.0. The van der Waals surface area contributed by atoms with Crippen LogP contribution in [0.3, 0.4) is 0 Å². The molecule has 0 aliphatic carbocycles. The molecule has 0 aliphatic rings. The number of hydrogen-bond acceptors (Lipinski definition) is 0. The van der Waals surface area contributed by atoms with Crippen molar-refractivity contribution >= 4 is 24.0 Å². The minimum absolute atomic E-state index is 0.572. The van der Waals surface area contributed by atoms with Crippen LogP contribution in [0.25, 0.3) is 0 Å². The number of halogens is 1. The fraction of sp³-hybridized carbons (Fsp3) is 1.00. The highest BCUT2D eigenvalue weighted by molar-refractivity contribution is 9.09. The molecule has 0 radical (unpaired) electrons. The van der Waals surface area contributed by atoms with Gasteiger partial charge in [0.2, 0.25) is 0 Å². The SMILES string of the molecule is CC(C)(C)[Si](C)(C)CCCCCCCCBr. The molecule has 0 aromatic heterocycles. The summed E-state index contributed by atoms with van der Waals surface area (Å²) < 4.78 is 0. The third kappa shape index (κ3) is 7.11. The standard InChI is InChI=1S/C14H31BrSi/c1-14(2,3)16(4,5)13-11-9-7-6-8-10-12-15/h6-13H2,1-5H3. The first-order valence-electron chi connectivity index (χ1n) is 6.87. The molecular formula is C14H31BrSi. The lowest BCUT2D eigenvalue weighted by Gasteiger charge is -2.37. The summed E-state index contributed by atoms with van der Waals surface area (Å²) in [5, 5.41) is 1.75. The molecule has 0 aromatic carbocycles. The first kappa shape index (κ1) is 16.7. The van der Waals surface area contributed by atoms with Crippen LogP contribution >= 0.6 is 15.9 Å². The third-order valence-electron chi connectivity index (χ3n) is 4.22. The zero-order valence-corrected chi connectivity index (χ0v) is 14.6. The minimum atomic E-state index is -0.988. The highest BCUT2D eigenvalue weighted by Crippen LogP contribution is 2.39. The van der Waals surface area contributed by atoms with Crippen molar-refractivity contribution in [3.05, 3.63) is 0 Å². The fourth-order valence-corrected chi connectivity index (χ4v) is 4.02. The van der Waals surface area contributed by atoms with Crippen LogP contribution < -0.4 is 0 Å². The van der Waals surface area contributed by atoms with Gasteiger partial charge >= 0.3 is 0 Å². The Hall–Kier alpha value is 0.697. The van der Waals surface area contributed by atoms with Crippen LogP contribution in [0.5, 0.6) is 0 Å². The van der Waals surface area contributed by atoms with Gasteiger partial charge in [-0.3, -0.25) is 0 Å².